The Morgan fingerprint density at radius 3 is 2.68 bits per heavy atom. The molecule has 1 rings (SSSR count). The fourth-order valence-corrected chi connectivity index (χ4v) is 2.87. The molecule has 0 fully saturated rings. The van der Waals surface area contributed by atoms with Crippen molar-refractivity contribution in [2.75, 3.05) is 5.75 Å². The number of aliphatic imine (C=N–C) groups is 1. The lowest BCUT2D eigenvalue weighted by atomic mass is 10.1. The van der Waals surface area contributed by atoms with E-state index in [1.807, 2.05) is 19.9 Å². The van der Waals surface area contributed by atoms with Gasteiger partial charge >= 0.3 is 0 Å². The highest BCUT2D eigenvalue weighted by molar-refractivity contribution is 8.13. The quantitative estimate of drug-likeness (QED) is 0.356. The first-order valence-corrected chi connectivity index (χ1v) is 8.99. The molecule has 0 saturated heterocycles. The van der Waals surface area contributed by atoms with Crippen LogP contribution in [0, 0.1) is 11.2 Å². The van der Waals surface area contributed by atoms with Crippen LogP contribution in [0.3, 0.4) is 0 Å². The Bertz CT molecular complexity index is 663. The SMILES string of the molecule is C=C/C=C(\C=C)C(CCSC(=N)N=C(C)C)OCc1ccccc1F. The van der Waals surface area contributed by atoms with E-state index in [0.717, 1.165) is 11.3 Å². The van der Waals surface area contributed by atoms with E-state index in [1.165, 1.54) is 17.8 Å². The van der Waals surface area contributed by atoms with Gasteiger partial charge in [-0.25, -0.2) is 9.38 Å². The van der Waals surface area contributed by atoms with Gasteiger partial charge in [-0.2, -0.15) is 0 Å². The second kappa shape index (κ2) is 11.6. The number of rotatable bonds is 9. The first kappa shape index (κ1) is 21.1. The van der Waals surface area contributed by atoms with E-state index < -0.39 is 0 Å². The van der Waals surface area contributed by atoms with Gasteiger partial charge in [0.15, 0.2) is 5.17 Å². The summed E-state index contributed by atoms with van der Waals surface area (Å²) in [7, 11) is 0. The van der Waals surface area contributed by atoms with Crippen molar-refractivity contribution in [3.63, 3.8) is 0 Å². The van der Waals surface area contributed by atoms with Crippen LogP contribution in [-0.4, -0.2) is 22.7 Å². The molecule has 134 valence electrons. The Kier molecular flexibility index (Phi) is 9.73. The van der Waals surface area contributed by atoms with Gasteiger partial charge in [0, 0.05) is 17.0 Å². The highest BCUT2D eigenvalue weighted by Crippen LogP contribution is 2.19. The summed E-state index contributed by atoms with van der Waals surface area (Å²) < 4.78 is 19.7. The Labute approximate surface area is 153 Å². The van der Waals surface area contributed by atoms with Crippen molar-refractivity contribution in [2.45, 2.75) is 33.0 Å². The molecule has 0 spiro atoms. The van der Waals surface area contributed by atoms with Crippen molar-refractivity contribution in [1.82, 2.24) is 0 Å². The lowest BCUT2D eigenvalue weighted by molar-refractivity contribution is 0.0633. The summed E-state index contributed by atoms with van der Waals surface area (Å²) in [5.74, 6) is 0.387. The van der Waals surface area contributed by atoms with Crippen LogP contribution in [0.15, 0.2) is 66.2 Å². The number of benzene rings is 1. The molecular formula is C20H25FN2OS. The van der Waals surface area contributed by atoms with Gasteiger partial charge in [0.05, 0.1) is 12.7 Å². The standard InChI is InChI=1S/C20H25FN2OS/c1-5-9-16(6-2)19(12-13-25-20(22)23-15(3)4)24-14-17-10-7-8-11-18(17)21/h5-11,19,22H,1-2,12-14H2,3-4H3/b16-9+,22-20?. The van der Waals surface area contributed by atoms with Crippen LogP contribution in [0.4, 0.5) is 4.39 Å². The minimum atomic E-state index is -0.280. The molecule has 0 bridgehead atoms. The van der Waals surface area contributed by atoms with Crippen LogP contribution in [-0.2, 0) is 11.3 Å². The van der Waals surface area contributed by atoms with E-state index in [1.54, 1.807) is 30.4 Å². The molecule has 3 nitrogen and oxygen atoms in total. The lowest BCUT2D eigenvalue weighted by Gasteiger charge is -2.19. The molecule has 1 atom stereocenters. The topological polar surface area (TPSA) is 45.4 Å². The molecule has 0 heterocycles. The lowest BCUT2D eigenvalue weighted by Crippen LogP contribution is -2.17. The fraction of sp³-hybridized carbons (Fsp3) is 0.300. The highest BCUT2D eigenvalue weighted by Gasteiger charge is 2.14. The molecule has 1 aromatic carbocycles. The Hall–Kier alpha value is -1.98. The maximum absolute atomic E-state index is 13.8. The number of nitrogens with zero attached hydrogens (tertiary/aromatic N) is 1. The van der Waals surface area contributed by atoms with Gasteiger partial charge in [0.25, 0.3) is 0 Å². The van der Waals surface area contributed by atoms with Crippen LogP contribution in [0.25, 0.3) is 0 Å². The number of amidine groups is 1. The summed E-state index contributed by atoms with van der Waals surface area (Å²) in [4.78, 5) is 4.10. The van der Waals surface area contributed by atoms with E-state index in [4.69, 9.17) is 10.1 Å². The van der Waals surface area contributed by atoms with Crippen LogP contribution >= 0.6 is 11.8 Å². The van der Waals surface area contributed by atoms with Gasteiger partial charge in [-0.05, 0) is 31.9 Å². The zero-order valence-corrected chi connectivity index (χ0v) is 15.6. The number of halogens is 1. The van der Waals surface area contributed by atoms with Gasteiger partial charge in [0.2, 0.25) is 0 Å². The molecule has 5 heteroatoms. The van der Waals surface area contributed by atoms with E-state index in [9.17, 15) is 4.39 Å². The molecule has 1 unspecified atom stereocenters. The van der Waals surface area contributed by atoms with Gasteiger partial charge in [-0.1, -0.05) is 61.3 Å². The largest absolute Gasteiger partial charge is 0.369 e. The zero-order valence-electron chi connectivity index (χ0n) is 14.8. The van der Waals surface area contributed by atoms with Crippen LogP contribution < -0.4 is 0 Å². The smallest absolute Gasteiger partial charge is 0.179 e. The summed E-state index contributed by atoms with van der Waals surface area (Å²) in [6.07, 6.45) is 5.64. The van der Waals surface area contributed by atoms with Crippen molar-refractivity contribution >= 4 is 22.6 Å². The number of ether oxygens (including phenoxy) is 1. The molecule has 1 aromatic rings. The molecular weight excluding hydrogens is 335 g/mol. The minimum Gasteiger partial charge on any atom is -0.369 e. The predicted molar refractivity (Wildman–Crippen MR) is 107 cm³/mol. The first-order chi connectivity index (χ1) is 12.0. The van der Waals surface area contributed by atoms with Crippen LogP contribution in [0.5, 0.6) is 0 Å². The average molecular weight is 360 g/mol. The van der Waals surface area contributed by atoms with Gasteiger partial charge in [0.1, 0.15) is 5.82 Å². The summed E-state index contributed by atoms with van der Waals surface area (Å²) in [5, 5.41) is 8.07. The van der Waals surface area contributed by atoms with Crippen molar-refractivity contribution < 1.29 is 9.13 Å². The number of hydrogen-bond acceptors (Lipinski definition) is 3. The maximum atomic E-state index is 13.8. The van der Waals surface area contributed by atoms with E-state index in [2.05, 4.69) is 18.2 Å². The third-order valence-electron chi connectivity index (χ3n) is 3.26. The predicted octanol–water partition coefficient (Wildman–Crippen LogP) is 5.55. The zero-order chi connectivity index (χ0) is 18.7. The second-order valence-electron chi connectivity index (χ2n) is 5.50. The molecule has 0 aliphatic heterocycles. The third kappa shape index (κ3) is 8.09. The highest BCUT2D eigenvalue weighted by atomic mass is 32.2. The van der Waals surface area contributed by atoms with Crippen LogP contribution in [0.1, 0.15) is 25.8 Å². The summed E-state index contributed by atoms with van der Waals surface area (Å²) in [6, 6.07) is 6.57. The molecule has 25 heavy (non-hydrogen) atoms. The van der Waals surface area contributed by atoms with Crippen molar-refractivity contribution in [3.8, 4) is 0 Å². The third-order valence-corrected chi connectivity index (χ3v) is 4.06. The fourth-order valence-electron chi connectivity index (χ4n) is 2.09. The Balaban J connectivity index is 2.73. The number of hydrogen-bond donors (Lipinski definition) is 1. The monoisotopic (exact) mass is 360 g/mol. The summed E-state index contributed by atoms with van der Waals surface area (Å²) >= 11 is 1.36. The molecule has 0 aromatic heterocycles. The maximum Gasteiger partial charge on any atom is 0.179 e. The van der Waals surface area contributed by atoms with Crippen molar-refractivity contribution in [3.05, 3.63) is 72.6 Å². The van der Waals surface area contributed by atoms with Gasteiger partial charge in [-0.15, -0.1) is 0 Å². The molecule has 1 N–H and O–H groups in total. The average Bonchev–Trinajstić information content (AvgIpc) is 2.56. The van der Waals surface area contributed by atoms with E-state index in [-0.39, 0.29) is 23.7 Å². The molecule has 0 amide bonds. The van der Waals surface area contributed by atoms with E-state index in [0.29, 0.717) is 17.7 Å². The summed E-state index contributed by atoms with van der Waals surface area (Å²) in [5.41, 5.74) is 2.25. The molecule has 0 saturated carbocycles. The minimum absolute atomic E-state index is 0.175. The number of thioether (sulfide) groups is 1. The number of allylic oxidation sites excluding steroid dienone is 2. The van der Waals surface area contributed by atoms with E-state index >= 15 is 0 Å². The molecule has 0 aliphatic carbocycles. The number of nitrogens with one attached hydrogen (secondary N) is 1. The van der Waals surface area contributed by atoms with Gasteiger partial charge < -0.3 is 4.74 Å². The molecule has 0 aliphatic rings. The van der Waals surface area contributed by atoms with Crippen molar-refractivity contribution in [2.24, 2.45) is 4.99 Å². The summed E-state index contributed by atoms with van der Waals surface area (Å²) in [6.45, 7) is 11.4. The Morgan fingerprint density at radius 2 is 2.08 bits per heavy atom. The second-order valence-corrected chi connectivity index (χ2v) is 6.58. The first-order valence-electron chi connectivity index (χ1n) is 8.01. The Morgan fingerprint density at radius 1 is 1.36 bits per heavy atom. The van der Waals surface area contributed by atoms with Crippen LogP contribution in [0.2, 0.25) is 0 Å². The normalized spacial score (nSPS) is 12.4. The van der Waals surface area contributed by atoms with Crippen molar-refractivity contribution in [1.29, 1.82) is 5.41 Å². The van der Waals surface area contributed by atoms with Gasteiger partial charge in [-0.3, -0.25) is 5.41 Å². The molecule has 0 radical (unpaired) electrons.